The first kappa shape index (κ1) is 18.4. The van der Waals surface area contributed by atoms with Gasteiger partial charge in [-0.05, 0) is 24.0 Å². The highest BCUT2D eigenvalue weighted by Crippen LogP contribution is 2.36. The Hall–Kier alpha value is -1.92. The molecule has 0 amide bonds. The zero-order chi connectivity index (χ0) is 17.7. The van der Waals surface area contributed by atoms with Crippen LogP contribution < -0.4 is 0 Å². The first-order valence-corrected chi connectivity index (χ1v) is 8.31. The van der Waals surface area contributed by atoms with Crippen molar-refractivity contribution in [2.75, 3.05) is 13.1 Å². The van der Waals surface area contributed by atoms with Gasteiger partial charge in [0.2, 0.25) is 0 Å². The van der Waals surface area contributed by atoms with Crippen LogP contribution in [0.3, 0.4) is 0 Å². The number of nitrogens with zero attached hydrogens (tertiary/aromatic N) is 1. The fourth-order valence-corrected chi connectivity index (χ4v) is 3.50. The first-order chi connectivity index (χ1) is 11.4. The van der Waals surface area contributed by atoms with E-state index in [0.29, 0.717) is 38.9 Å². The third-order valence-corrected chi connectivity index (χ3v) is 4.77. The van der Waals surface area contributed by atoms with Gasteiger partial charge in [-0.15, -0.1) is 0 Å². The standard InChI is InChI=1S/C18H25NO5/c1-2-8-18(17(23)24)12-19(9-7-15(18)20)11-14-5-3-13(4-6-14)10-16(21)22/h3-6,15,20H,2,7-12H2,1H3,(H,21,22)(H,23,24)/t15-,18+/m0/s1. The minimum atomic E-state index is -1.10. The Balaban J connectivity index is 2.07. The topological polar surface area (TPSA) is 98.1 Å². The summed E-state index contributed by atoms with van der Waals surface area (Å²) in [6.45, 7) is 3.50. The molecule has 0 spiro atoms. The summed E-state index contributed by atoms with van der Waals surface area (Å²) in [5, 5.41) is 28.7. The highest BCUT2D eigenvalue weighted by atomic mass is 16.4. The Morgan fingerprint density at radius 3 is 2.38 bits per heavy atom. The molecular weight excluding hydrogens is 310 g/mol. The average Bonchev–Trinajstić information content (AvgIpc) is 2.52. The van der Waals surface area contributed by atoms with Gasteiger partial charge in [0, 0.05) is 19.6 Å². The van der Waals surface area contributed by atoms with Crippen molar-refractivity contribution in [3.63, 3.8) is 0 Å². The van der Waals surface area contributed by atoms with Crippen LogP contribution in [0, 0.1) is 5.41 Å². The highest BCUT2D eigenvalue weighted by molar-refractivity contribution is 5.76. The molecule has 1 aromatic carbocycles. The van der Waals surface area contributed by atoms with Gasteiger partial charge in [0.25, 0.3) is 0 Å². The quantitative estimate of drug-likeness (QED) is 0.702. The summed E-state index contributed by atoms with van der Waals surface area (Å²) in [6, 6.07) is 7.34. The fourth-order valence-electron chi connectivity index (χ4n) is 3.50. The summed E-state index contributed by atoms with van der Waals surface area (Å²) in [7, 11) is 0. The molecule has 3 N–H and O–H groups in total. The molecule has 0 aliphatic carbocycles. The SMILES string of the molecule is CCC[C@@]1(C(=O)O)CN(Cc2ccc(CC(=O)O)cc2)CC[C@@H]1O. The smallest absolute Gasteiger partial charge is 0.313 e. The Morgan fingerprint density at radius 1 is 1.21 bits per heavy atom. The van der Waals surface area contributed by atoms with Gasteiger partial charge in [-0.25, -0.2) is 0 Å². The second-order valence-electron chi connectivity index (χ2n) is 6.61. The molecule has 0 radical (unpaired) electrons. The summed E-state index contributed by atoms with van der Waals surface area (Å²) >= 11 is 0. The van der Waals surface area contributed by atoms with Gasteiger partial charge in [0.1, 0.15) is 5.41 Å². The summed E-state index contributed by atoms with van der Waals surface area (Å²) < 4.78 is 0. The number of piperidine rings is 1. The van der Waals surface area contributed by atoms with Crippen molar-refractivity contribution in [2.45, 2.75) is 45.3 Å². The summed E-state index contributed by atoms with van der Waals surface area (Å²) in [6.07, 6.45) is 0.792. The maximum absolute atomic E-state index is 11.8. The number of carboxylic acids is 2. The van der Waals surface area contributed by atoms with Gasteiger partial charge in [0.15, 0.2) is 0 Å². The monoisotopic (exact) mass is 335 g/mol. The van der Waals surface area contributed by atoms with Gasteiger partial charge in [0.05, 0.1) is 12.5 Å². The molecule has 0 aromatic heterocycles. The van der Waals surface area contributed by atoms with Gasteiger partial charge >= 0.3 is 11.9 Å². The van der Waals surface area contributed by atoms with Crippen molar-refractivity contribution in [3.05, 3.63) is 35.4 Å². The minimum absolute atomic E-state index is 0.00515. The lowest BCUT2D eigenvalue weighted by Gasteiger charge is -2.43. The Labute approximate surface area is 141 Å². The molecule has 132 valence electrons. The minimum Gasteiger partial charge on any atom is -0.481 e. The summed E-state index contributed by atoms with van der Waals surface area (Å²) in [5.74, 6) is -1.79. The number of rotatable bonds is 7. The van der Waals surface area contributed by atoms with Crippen LogP contribution >= 0.6 is 0 Å². The lowest BCUT2D eigenvalue weighted by atomic mass is 9.74. The fraction of sp³-hybridized carbons (Fsp3) is 0.556. The maximum atomic E-state index is 11.8. The third-order valence-electron chi connectivity index (χ3n) is 4.77. The molecule has 1 heterocycles. The van der Waals surface area contributed by atoms with Crippen molar-refractivity contribution in [3.8, 4) is 0 Å². The second-order valence-corrected chi connectivity index (χ2v) is 6.61. The van der Waals surface area contributed by atoms with E-state index < -0.39 is 23.5 Å². The maximum Gasteiger partial charge on any atom is 0.313 e. The molecule has 2 rings (SSSR count). The zero-order valence-electron chi connectivity index (χ0n) is 13.9. The lowest BCUT2D eigenvalue weighted by molar-refractivity contribution is -0.164. The van der Waals surface area contributed by atoms with E-state index in [4.69, 9.17) is 5.11 Å². The van der Waals surface area contributed by atoms with Gasteiger partial charge in [-0.1, -0.05) is 37.6 Å². The van der Waals surface area contributed by atoms with Gasteiger partial charge in [-0.2, -0.15) is 0 Å². The number of carboxylic acid groups (broad SMARTS) is 2. The molecule has 1 saturated heterocycles. The van der Waals surface area contributed by atoms with Crippen molar-refractivity contribution in [1.29, 1.82) is 0 Å². The van der Waals surface area contributed by atoms with Crippen LogP contribution in [0.4, 0.5) is 0 Å². The number of likely N-dealkylation sites (tertiary alicyclic amines) is 1. The van der Waals surface area contributed by atoms with Crippen LogP contribution in [0.15, 0.2) is 24.3 Å². The Morgan fingerprint density at radius 2 is 1.83 bits per heavy atom. The highest BCUT2D eigenvalue weighted by Gasteiger charge is 2.48. The molecule has 24 heavy (non-hydrogen) atoms. The molecule has 1 aliphatic heterocycles. The molecule has 6 heteroatoms. The van der Waals surface area contributed by atoms with Crippen LogP contribution in [0.1, 0.15) is 37.3 Å². The molecular formula is C18H25NO5. The Kier molecular flexibility index (Phi) is 5.96. The van der Waals surface area contributed by atoms with Crippen molar-refractivity contribution >= 4 is 11.9 Å². The predicted octanol–water partition coefficient (Wildman–Crippen LogP) is 1.75. The second kappa shape index (κ2) is 7.77. The lowest BCUT2D eigenvalue weighted by Crippen LogP contribution is -2.55. The van der Waals surface area contributed by atoms with Crippen molar-refractivity contribution in [2.24, 2.45) is 5.41 Å². The van der Waals surface area contributed by atoms with E-state index in [1.54, 1.807) is 12.1 Å². The van der Waals surface area contributed by atoms with E-state index in [1.165, 1.54) is 0 Å². The van der Waals surface area contributed by atoms with Gasteiger partial charge < -0.3 is 15.3 Å². The van der Waals surface area contributed by atoms with Crippen LogP contribution in [-0.4, -0.2) is 51.4 Å². The van der Waals surface area contributed by atoms with E-state index in [1.807, 2.05) is 19.1 Å². The van der Waals surface area contributed by atoms with Crippen LogP contribution in [-0.2, 0) is 22.6 Å². The number of aliphatic carboxylic acids is 2. The molecule has 6 nitrogen and oxygen atoms in total. The van der Waals surface area contributed by atoms with Crippen LogP contribution in [0.2, 0.25) is 0 Å². The predicted molar refractivity (Wildman–Crippen MR) is 88.7 cm³/mol. The molecule has 0 unspecified atom stereocenters. The van der Waals surface area contributed by atoms with E-state index in [-0.39, 0.29) is 6.42 Å². The zero-order valence-corrected chi connectivity index (χ0v) is 13.9. The average molecular weight is 335 g/mol. The molecule has 1 aliphatic rings. The molecule has 2 atom stereocenters. The van der Waals surface area contributed by atoms with E-state index in [9.17, 15) is 19.8 Å². The number of aliphatic hydroxyl groups excluding tert-OH is 1. The van der Waals surface area contributed by atoms with Gasteiger partial charge in [-0.3, -0.25) is 14.5 Å². The molecule has 1 fully saturated rings. The Bertz CT molecular complexity index is 586. The summed E-state index contributed by atoms with van der Waals surface area (Å²) in [5.41, 5.74) is 0.651. The number of aliphatic hydroxyl groups is 1. The number of hydrogen-bond acceptors (Lipinski definition) is 4. The van der Waals surface area contributed by atoms with Crippen molar-refractivity contribution in [1.82, 2.24) is 4.90 Å². The first-order valence-electron chi connectivity index (χ1n) is 8.31. The van der Waals surface area contributed by atoms with E-state index in [2.05, 4.69) is 4.90 Å². The van der Waals surface area contributed by atoms with Crippen LogP contribution in [0.5, 0.6) is 0 Å². The third kappa shape index (κ3) is 4.13. The van der Waals surface area contributed by atoms with Crippen molar-refractivity contribution < 1.29 is 24.9 Å². The molecule has 0 saturated carbocycles. The number of benzene rings is 1. The van der Waals surface area contributed by atoms with Crippen LogP contribution in [0.25, 0.3) is 0 Å². The number of carbonyl (C=O) groups is 2. The largest absolute Gasteiger partial charge is 0.481 e. The molecule has 1 aromatic rings. The summed E-state index contributed by atoms with van der Waals surface area (Å²) in [4.78, 5) is 24.5. The number of hydrogen-bond donors (Lipinski definition) is 3. The van der Waals surface area contributed by atoms with E-state index >= 15 is 0 Å². The molecule has 0 bridgehead atoms. The van der Waals surface area contributed by atoms with E-state index in [0.717, 1.165) is 11.1 Å². The normalized spacial score (nSPS) is 24.7.